The van der Waals surface area contributed by atoms with E-state index in [9.17, 15) is 19.6 Å². The zero-order valence-corrected chi connectivity index (χ0v) is 30.5. The molecular weight excluding hydrogens is 707 g/mol. The summed E-state index contributed by atoms with van der Waals surface area (Å²) in [6, 6.07) is 7.02. The van der Waals surface area contributed by atoms with Gasteiger partial charge in [-0.25, -0.2) is 0 Å². The maximum atomic E-state index is 12.0. The van der Waals surface area contributed by atoms with Crippen molar-refractivity contribution >= 4 is 33.7 Å². The van der Waals surface area contributed by atoms with E-state index in [0.717, 1.165) is 53.5 Å². The number of primary amides is 1. The summed E-state index contributed by atoms with van der Waals surface area (Å²) >= 11 is 3.36. The molecule has 0 bridgehead atoms. The summed E-state index contributed by atoms with van der Waals surface area (Å²) in [7, 11) is 1.42. The van der Waals surface area contributed by atoms with Gasteiger partial charge in [0.15, 0.2) is 0 Å². The van der Waals surface area contributed by atoms with Gasteiger partial charge in [-0.3, -0.25) is 14.4 Å². The average molecular weight is 756 g/mol. The van der Waals surface area contributed by atoms with E-state index in [4.69, 9.17) is 15.9 Å². The molecule has 0 aromatic heterocycles. The average Bonchev–Trinajstić information content (AvgIpc) is 3.94. The third kappa shape index (κ3) is 11.5. The molecule has 2 heterocycles. The Morgan fingerprint density at radius 2 is 1.68 bits per heavy atom. The zero-order valence-electron chi connectivity index (χ0n) is 26.1. The Morgan fingerprint density at radius 1 is 1.09 bits per heavy atom. The summed E-state index contributed by atoms with van der Waals surface area (Å²) in [5.74, 6) is 1.91. The molecule has 2 aliphatic heterocycles. The van der Waals surface area contributed by atoms with Crippen molar-refractivity contribution < 1.29 is 67.2 Å². The first kappa shape index (κ1) is 39.0. The third-order valence-electron chi connectivity index (χ3n) is 8.85. The minimum Gasteiger partial charge on any atom is -0.469 e. The number of hydrogen-bond donors (Lipinski definition) is 4. The second kappa shape index (κ2) is 18.2. The van der Waals surface area contributed by atoms with E-state index in [1.54, 1.807) is 6.92 Å². The molecule has 9 atom stereocenters. The van der Waals surface area contributed by atoms with Crippen LogP contribution in [-0.2, 0) is 58.3 Å². The van der Waals surface area contributed by atoms with E-state index in [1.807, 2.05) is 25.1 Å². The Labute approximate surface area is 294 Å². The number of halogens is 1. The molecule has 5 aliphatic rings. The van der Waals surface area contributed by atoms with E-state index in [2.05, 4.69) is 39.4 Å². The maximum absolute atomic E-state index is 12.0. The van der Waals surface area contributed by atoms with E-state index in [0.29, 0.717) is 18.9 Å². The molecule has 243 valence electrons. The van der Waals surface area contributed by atoms with E-state index in [1.165, 1.54) is 24.0 Å². The topological polar surface area (TPSA) is 153 Å². The summed E-state index contributed by atoms with van der Waals surface area (Å²) < 4.78 is 5.62. The van der Waals surface area contributed by atoms with Gasteiger partial charge in [0.2, 0.25) is 11.8 Å². The Bertz CT molecular complexity index is 1090. The molecule has 1 radical (unpaired) electrons. The van der Waals surface area contributed by atoms with Crippen LogP contribution in [0.2, 0.25) is 0 Å². The number of aliphatic hydroxyl groups excluding tert-OH is 2. The SMILES string of the molecule is C=CC1CC1C(=O)OC.CC1CC(C(N)=O)N(C(=O)[C@@H]2C(C)N2O)C1.OC1CC2CC2C1.OCCCc1ccc(Br)cc1.[Y]. The van der Waals surface area contributed by atoms with Crippen LogP contribution >= 0.6 is 15.9 Å². The molecule has 12 heteroatoms. The van der Waals surface area contributed by atoms with Gasteiger partial charge >= 0.3 is 5.97 Å². The molecule has 44 heavy (non-hydrogen) atoms. The molecular formula is C32H48BrN3O7Y. The van der Waals surface area contributed by atoms with Crippen LogP contribution in [0.4, 0.5) is 0 Å². The summed E-state index contributed by atoms with van der Waals surface area (Å²) in [4.78, 5) is 35.4. The number of amides is 2. The van der Waals surface area contributed by atoms with Crippen molar-refractivity contribution in [3.05, 3.63) is 47.0 Å². The van der Waals surface area contributed by atoms with Gasteiger partial charge < -0.3 is 30.8 Å². The van der Waals surface area contributed by atoms with Crippen molar-refractivity contribution in [2.24, 2.45) is 35.3 Å². The minimum absolute atomic E-state index is 0. The van der Waals surface area contributed by atoms with Gasteiger partial charge in [-0.15, -0.1) is 6.58 Å². The van der Waals surface area contributed by atoms with Crippen LogP contribution < -0.4 is 5.73 Å². The van der Waals surface area contributed by atoms with Crippen LogP contribution in [0, 0.1) is 29.6 Å². The third-order valence-corrected chi connectivity index (χ3v) is 9.37. The predicted octanol–water partition coefficient (Wildman–Crippen LogP) is 3.30. The molecule has 8 unspecified atom stereocenters. The van der Waals surface area contributed by atoms with Gasteiger partial charge in [-0.1, -0.05) is 41.1 Å². The molecule has 1 aromatic carbocycles. The van der Waals surface area contributed by atoms with Crippen molar-refractivity contribution in [3.63, 3.8) is 0 Å². The number of hydrogen-bond acceptors (Lipinski definition) is 8. The fourth-order valence-electron chi connectivity index (χ4n) is 5.90. The number of nitrogens with two attached hydrogens (primary N) is 1. The number of aliphatic hydroxyl groups is 2. The van der Waals surface area contributed by atoms with Crippen LogP contribution in [-0.4, -0.2) is 87.7 Å². The van der Waals surface area contributed by atoms with Gasteiger partial charge in [0, 0.05) is 50.3 Å². The molecule has 3 saturated carbocycles. The normalized spacial score (nSPS) is 33.3. The first-order valence-corrected chi connectivity index (χ1v) is 16.0. The summed E-state index contributed by atoms with van der Waals surface area (Å²) in [5.41, 5.74) is 6.55. The van der Waals surface area contributed by atoms with E-state index >= 15 is 0 Å². The number of aryl methyl sites for hydroxylation is 1. The maximum Gasteiger partial charge on any atom is 0.309 e. The Balaban J connectivity index is 0.000000212. The molecule has 3 aliphatic carbocycles. The molecule has 1 aromatic rings. The van der Waals surface area contributed by atoms with Crippen LogP contribution in [0.25, 0.3) is 0 Å². The monoisotopic (exact) mass is 754 g/mol. The summed E-state index contributed by atoms with van der Waals surface area (Å²) in [6.07, 6.45) is 8.85. The first-order chi connectivity index (χ1) is 20.4. The molecule has 0 spiro atoms. The van der Waals surface area contributed by atoms with Crippen LogP contribution in [0.15, 0.2) is 41.4 Å². The number of benzene rings is 1. The first-order valence-electron chi connectivity index (χ1n) is 15.2. The van der Waals surface area contributed by atoms with Crippen LogP contribution in [0.3, 0.4) is 0 Å². The number of fused-ring (bicyclic) bond motifs is 1. The van der Waals surface area contributed by atoms with Gasteiger partial charge in [-0.05, 0) is 93.2 Å². The number of carbonyl (C=O) groups is 3. The minimum atomic E-state index is -0.510. The number of likely N-dealkylation sites (tertiary alicyclic amines) is 1. The number of methoxy groups -OCH3 is 1. The van der Waals surface area contributed by atoms with E-state index in [-0.39, 0.29) is 75.2 Å². The van der Waals surface area contributed by atoms with E-state index < -0.39 is 18.0 Å². The predicted molar refractivity (Wildman–Crippen MR) is 166 cm³/mol. The van der Waals surface area contributed by atoms with Gasteiger partial charge in [-0.2, -0.15) is 5.06 Å². The number of esters is 1. The molecule has 2 saturated heterocycles. The number of ether oxygens (including phenoxy) is 1. The molecule has 2 amide bonds. The number of carbonyl (C=O) groups excluding carboxylic acids is 3. The number of allylic oxidation sites excluding steroid dienone is 1. The number of rotatable bonds is 7. The van der Waals surface area contributed by atoms with Crippen molar-refractivity contribution in [2.45, 2.75) is 83.0 Å². The Hall–Kier alpha value is -1.21. The van der Waals surface area contributed by atoms with Crippen molar-refractivity contribution in [3.8, 4) is 0 Å². The largest absolute Gasteiger partial charge is 0.469 e. The van der Waals surface area contributed by atoms with Gasteiger partial charge in [0.05, 0.1) is 25.2 Å². The second-order valence-corrected chi connectivity index (χ2v) is 13.3. The van der Waals surface area contributed by atoms with Gasteiger partial charge in [0.1, 0.15) is 12.1 Å². The fraction of sp³-hybridized carbons (Fsp3) is 0.656. The smallest absolute Gasteiger partial charge is 0.309 e. The zero-order chi connectivity index (χ0) is 31.8. The number of nitrogens with zero attached hydrogens (tertiary/aromatic N) is 2. The van der Waals surface area contributed by atoms with Crippen molar-refractivity contribution in [1.82, 2.24) is 9.96 Å². The summed E-state index contributed by atoms with van der Waals surface area (Å²) in [5, 5.41) is 27.8. The Morgan fingerprint density at radius 3 is 2.09 bits per heavy atom. The van der Waals surface area contributed by atoms with Crippen LogP contribution in [0.1, 0.15) is 57.9 Å². The molecule has 6 rings (SSSR count). The number of hydroxylamine groups is 2. The summed E-state index contributed by atoms with van der Waals surface area (Å²) in [6.45, 7) is 8.15. The van der Waals surface area contributed by atoms with Crippen LogP contribution in [0.5, 0.6) is 0 Å². The standard InChI is InChI=1S/C10H17N3O3.C9H11BrO.C7H10O2.C6H10O.Y/c1-5-3-7(9(11)14)12(4-5)10(15)8-6(2)13(8)16;10-9-5-3-8(4-6-9)2-1-7-11;1-3-5-4-6(5)7(8)9-2;7-6-2-4-1-5(4)3-6;/h5-8,16H,3-4H2,1-2H3,(H2,11,14);3-6,11H,1-2,7H2;3,5-6H,1,4H2,2H3;4-7H,1-3H2;/t5?,6?,7?,8-,13?;;;;/m0..../s1. The van der Waals surface area contributed by atoms with Crippen molar-refractivity contribution in [1.29, 1.82) is 0 Å². The van der Waals surface area contributed by atoms with Crippen molar-refractivity contribution in [2.75, 3.05) is 20.3 Å². The van der Waals surface area contributed by atoms with Gasteiger partial charge in [0.25, 0.3) is 0 Å². The molecule has 5 N–H and O–H groups in total. The quantitative estimate of drug-likeness (QED) is 0.188. The Kier molecular flexibility index (Phi) is 16.1. The molecule has 5 fully saturated rings. The fourth-order valence-corrected chi connectivity index (χ4v) is 6.16. The second-order valence-electron chi connectivity index (χ2n) is 12.4. The molecule has 10 nitrogen and oxygen atoms in total.